The van der Waals surface area contributed by atoms with Gasteiger partial charge in [0.15, 0.2) is 0 Å². The summed E-state index contributed by atoms with van der Waals surface area (Å²) in [5, 5.41) is 3.48. The maximum Gasteiger partial charge on any atom is 0.221 e. The average Bonchev–Trinajstić information content (AvgIpc) is 2.55. The Morgan fingerprint density at radius 1 is 1.53 bits per heavy atom. The van der Waals surface area contributed by atoms with Crippen LogP contribution in [0.15, 0.2) is 0 Å². The lowest BCUT2D eigenvalue weighted by molar-refractivity contribution is -0.121. The first-order chi connectivity index (χ1) is 7.06. The molecule has 4 atom stereocenters. The van der Waals surface area contributed by atoms with Gasteiger partial charge in [0.25, 0.3) is 0 Å². The van der Waals surface area contributed by atoms with Crippen molar-refractivity contribution in [3.8, 4) is 0 Å². The molecule has 0 aromatic carbocycles. The van der Waals surface area contributed by atoms with Crippen molar-refractivity contribution >= 4 is 5.91 Å². The highest BCUT2D eigenvalue weighted by molar-refractivity contribution is 5.76. The molecule has 0 spiro atoms. The standard InChI is InChI=1S/C12H24N2O/c1-4-10-5-6-11(9(10)3)14-7-8(2)12(13)15/h8-11,14H,4-7H2,1-3H3,(H2,13,15). The number of nitrogens with two attached hydrogens (primary N) is 1. The fourth-order valence-corrected chi connectivity index (χ4v) is 2.54. The van der Waals surface area contributed by atoms with E-state index in [9.17, 15) is 4.79 Å². The van der Waals surface area contributed by atoms with Crippen LogP contribution in [-0.2, 0) is 4.79 Å². The first kappa shape index (κ1) is 12.5. The first-order valence-corrected chi connectivity index (χ1v) is 6.09. The Morgan fingerprint density at radius 2 is 2.20 bits per heavy atom. The van der Waals surface area contributed by atoms with Gasteiger partial charge in [-0.1, -0.05) is 27.2 Å². The summed E-state index contributed by atoms with van der Waals surface area (Å²) in [6.07, 6.45) is 3.83. The third kappa shape index (κ3) is 3.20. The summed E-state index contributed by atoms with van der Waals surface area (Å²) in [6, 6.07) is 0.580. The molecule has 1 amide bonds. The van der Waals surface area contributed by atoms with E-state index in [4.69, 9.17) is 5.73 Å². The molecule has 88 valence electrons. The highest BCUT2D eigenvalue weighted by Gasteiger charge is 2.31. The third-order valence-corrected chi connectivity index (χ3v) is 3.92. The molecule has 0 heterocycles. The van der Waals surface area contributed by atoms with Crippen LogP contribution in [-0.4, -0.2) is 18.5 Å². The molecule has 1 aliphatic rings. The number of hydrogen-bond donors (Lipinski definition) is 2. The van der Waals surface area contributed by atoms with Crippen LogP contribution in [0.1, 0.15) is 40.0 Å². The van der Waals surface area contributed by atoms with Crippen molar-refractivity contribution in [3.05, 3.63) is 0 Å². The van der Waals surface area contributed by atoms with Gasteiger partial charge in [0.05, 0.1) is 0 Å². The van der Waals surface area contributed by atoms with Crippen LogP contribution in [0.5, 0.6) is 0 Å². The molecule has 4 unspecified atom stereocenters. The van der Waals surface area contributed by atoms with Crippen molar-refractivity contribution in [2.45, 2.75) is 46.1 Å². The highest BCUT2D eigenvalue weighted by atomic mass is 16.1. The maximum absolute atomic E-state index is 10.9. The second-order valence-electron chi connectivity index (χ2n) is 4.92. The van der Waals surface area contributed by atoms with Crippen molar-refractivity contribution in [3.63, 3.8) is 0 Å². The molecular formula is C12H24N2O. The minimum Gasteiger partial charge on any atom is -0.369 e. The lowest BCUT2D eigenvalue weighted by Gasteiger charge is -2.22. The van der Waals surface area contributed by atoms with Crippen molar-refractivity contribution in [1.82, 2.24) is 5.32 Å². The van der Waals surface area contributed by atoms with Gasteiger partial charge in [-0.15, -0.1) is 0 Å². The van der Waals surface area contributed by atoms with Gasteiger partial charge >= 0.3 is 0 Å². The van der Waals surface area contributed by atoms with E-state index in [1.165, 1.54) is 19.3 Å². The van der Waals surface area contributed by atoms with Crippen molar-refractivity contribution < 1.29 is 4.79 Å². The molecule has 1 aliphatic carbocycles. The Labute approximate surface area is 92.8 Å². The number of carbonyl (C=O) groups excluding carboxylic acids is 1. The van der Waals surface area contributed by atoms with E-state index in [-0.39, 0.29) is 11.8 Å². The predicted octanol–water partition coefficient (Wildman–Crippen LogP) is 1.52. The molecule has 3 N–H and O–H groups in total. The van der Waals surface area contributed by atoms with Gasteiger partial charge in [-0.25, -0.2) is 0 Å². The van der Waals surface area contributed by atoms with E-state index in [0.717, 1.165) is 18.4 Å². The largest absolute Gasteiger partial charge is 0.369 e. The van der Waals surface area contributed by atoms with Gasteiger partial charge in [0, 0.05) is 18.5 Å². The Bertz CT molecular complexity index is 218. The van der Waals surface area contributed by atoms with Gasteiger partial charge in [0.2, 0.25) is 5.91 Å². The van der Waals surface area contributed by atoms with Gasteiger partial charge in [0.1, 0.15) is 0 Å². The fraction of sp³-hybridized carbons (Fsp3) is 0.917. The molecule has 15 heavy (non-hydrogen) atoms. The van der Waals surface area contributed by atoms with Crippen LogP contribution < -0.4 is 11.1 Å². The molecule has 1 saturated carbocycles. The summed E-state index contributed by atoms with van der Waals surface area (Å²) in [5.41, 5.74) is 5.23. The molecule has 1 fully saturated rings. The molecule has 0 aromatic heterocycles. The van der Waals surface area contributed by atoms with Crippen molar-refractivity contribution in [2.24, 2.45) is 23.5 Å². The summed E-state index contributed by atoms with van der Waals surface area (Å²) in [5.74, 6) is 1.32. The van der Waals surface area contributed by atoms with Crippen LogP contribution in [0.2, 0.25) is 0 Å². The third-order valence-electron chi connectivity index (χ3n) is 3.92. The Kier molecular flexibility index (Phi) is 4.58. The number of hydrogen-bond acceptors (Lipinski definition) is 2. The Morgan fingerprint density at radius 3 is 2.67 bits per heavy atom. The monoisotopic (exact) mass is 212 g/mol. The summed E-state index contributed by atoms with van der Waals surface area (Å²) < 4.78 is 0. The summed E-state index contributed by atoms with van der Waals surface area (Å²) in [6.45, 7) is 7.18. The van der Waals surface area contributed by atoms with Gasteiger partial charge < -0.3 is 11.1 Å². The number of carbonyl (C=O) groups is 1. The van der Waals surface area contributed by atoms with Gasteiger partial charge in [-0.2, -0.15) is 0 Å². The average molecular weight is 212 g/mol. The van der Waals surface area contributed by atoms with E-state index >= 15 is 0 Å². The predicted molar refractivity (Wildman–Crippen MR) is 62.3 cm³/mol. The maximum atomic E-state index is 10.9. The minimum atomic E-state index is -0.208. The van der Waals surface area contributed by atoms with Crippen LogP contribution in [0, 0.1) is 17.8 Å². The second kappa shape index (κ2) is 5.50. The topological polar surface area (TPSA) is 55.1 Å². The van der Waals surface area contributed by atoms with E-state index in [1.54, 1.807) is 0 Å². The van der Waals surface area contributed by atoms with E-state index < -0.39 is 0 Å². The van der Waals surface area contributed by atoms with Gasteiger partial charge in [-0.05, 0) is 24.7 Å². The van der Waals surface area contributed by atoms with Crippen LogP contribution >= 0.6 is 0 Å². The molecule has 0 radical (unpaired) electrons. The number of primary amides is 1. The van der Waals surface area contributed by atoms with Crippen LogP contribution in [0.3, 0.4) is 0 Å². The van der Waals surface area contributed by atoms with Crippen molar-refractivity contribution in [1.29, 1.82) is 0 Å². The van der Waals surface area contributed by atoms with E-state index in [2.05, 4.69) is 19.2 Å². The van der Waals surface area contributed by atoms with E-state index in [0.29, 0.717) is 6.04 Å². The number of rotatable bonds is 5. The quantitative estimate of drug-likeness (QED) is 0.726. The molecule has 0 aromatic rings. The lowest BCUT2D eigenvalue weighted by atomic mass is 9.93. The molecule has 3 nitrogen and oxygen atoms in total. The second-order valence-corrected chi connectivity index (χ2v) is 4.92. The summed E-state index contributed by atoms with van der Waals surface area (Å²) in [4.78, 5) is 10.9. The van der Waals surface area contributed by atoms with E-state index in [1.807, 2.05) is 6.92 Å². The lowest BCUT2D eigenvalue weighted by Crippen LogP contribution is -2.39. The highest BCUT2D eigenvalue weighted by Crippen LogP contribution is 2.33. The normalized spacial score (nSPS) is 32.9. The molecule has 0 aliphatic heterocycles. The zero-order chi connectivity index (χ0) is 11.4. The van der Waals surface area contributed by atoms with Gasteiger partial charge in [-0.3, -0.25) is 4.79 Å². The smallest absolute Gasteiger partial charge is 0.221 e. The summed E-state index contributed by atoms with van der Waals surface area (Å²) >= 11 is 0. The molecular weight excluding hydrogens is 188 g/mol. The van der Waals surface area contributed by atoms with Crippen LogP contribution in [0.4, 0.5) is 0 Å². The molecule has 1 rings (SSSR count). The Hall–Kier alpha value is -0.570. The minimum absolute atomic E-state index is 0.0575. The molecule has 3 heteroatoms. The number of amides is 1. The fourth-order valence-electron chi connectivity index (χ4n) is 2.54. The Balaban J connectivity index is 2.31. The SMILES string of the molecule is CCC1CCC(NCC(C)C(N)=O)C1C. The first-order valence-electron chi connectivity index (χ1n) is 6.09. The van der Waals surface area contributed by atoms with Crippen LogP contribution in [0.25, 0.3) is 0 Å². The van der Waals surface area contributed by atoms with Crippen molar-refractivity contribution in [2.75, 3.05) is 6.54 Å². The zero-order valence-corrected chi connectivity index (χ0v) is 10.1. The molecule has 0 bridgehead atoms. The summed E-state index contributed by atoms with van der Waals surface area (Å²) in [7, 11) is 0. The molecule has 0 saturated heterocycles. The number of nitrogens with one attached hydrogen (secondary N) is 1. The zero-order valence-electron chi connectivity index (χ0n) is 10.1.